The van der Waals surface area contributed by atoms with Crippen LogP contribution in [0.1, 0.15) is 11.1 Å². The summed E-state index contributed by atoms with van der Waals surface area (Å²) in [4.78, 5) is 12.0. The Morgan fingerprint density at radius 1 is 1.16 bits per heavy atom. The molecule has 0 unspecified atom stereocenters. The van der Waals surface area contributed by atoms with Crippen molar-refractivity contribution in [3.8, 4) is 23.0 Å². The van der Waals surface area contributed by atoms with E-state index in [1.54, 1.807) is 24.3 Å². The molecule has 25 heavy (non-hydrogen) atoms. The second kappa shape index (κ2) is 7.44. The topological polar surface area (TPSA) is 65.0 Å². The van der Waals surface area contributed by atoms with Crippen LogP contribution >= 0.6 is 15.9 Å². The summed E-state index contributed by atoms with van der Waals surface area (Å²) in [5, 5.41) is 9.56. The number of rotatable bonds is 5. The molecule has 0 bridgehead atoms. The first-order valence-corrected chi connectivity index (χ1v) is 8.22. The van der Waals surface area contributed by atoms with Gasteiger partial charge in [-0.25, -0.2) is 0 Å². The largest absolute Gasteiger partial charge is 0.504 e. The molecule has 1 aliphatic rings. The van der Waals surface area contributed by atoms with Crippen molar-refractivity contribution in [1.29, 1.82) is 0 Å². The molecule has 1 heterocycles. The van der Waals surface area contributed by atoms with E-state index in [4.69, 9.17) is 14.2 Å². The SMILES string of the molecule is COc1cc(/C=C/C(=O)/C=C/c2cc3c(cc2Br)OCO3)ccc1O. The Morgan fingerprint density at radius 3 is 2.64 bits per heavy atom. The predicted molar refractivity (Wildman–Crippen MR) is 98.0 cm³/mol. The Labute approximate surface area is 153 Å². The normalized spacial score (nSPS) is 12.9. The Bertz CT molecular complexity index is 870. The van der Waals surface area contributed by atoms with Crippen LogP contribution in [-0.4, -0.2) is 24.8 Å². The van der Waals surface area contributed by atoms with Gasteiger partial charge < -0.3 is 19.3 Å². The van der Waals surface area contributed by atoms with Crippen LogP contribution < -0.4 is 14.2 Å². The molecule has 1 N–H and O–H groups in total. The van der Waals surface area contributed by atoms with Gasteiger partial charge in [0.1, 0.15) is 0 Å². The van der Waals surface area contributed by atoms with E-state index < -0.39 is 0 Å². The second-order valence-electron chi connectivity index (χ2n) is 5.23. The van der Waals surface area contributed by atoms with Gasteiger partial charge in [-0.3, -0.25) is 4.79 Å². The van der Waals surface area contributed by atoms with E-state index in [0.29, 0.717) is 17.2 Å². The highest BCUT2D eigenvalue weighted by Gasteiger charge is 2.15. The van der Waals surface area contributed by atoms with Gasteiger partial charge in [0.05, 0.1) is 7.11 Å². The summed E-state index contributed by atoms with van der Waals surface area (Å²) in [5.41, 5.74) is 1.57. The Hall–Kier alpha value is -2.73. The zero-order valence-corrected chi connectivity index (χ0v) is 14.9. The van der Waals surface area contributed by atoms with E-state index in [1.165, 1.54) is 25.3 Å². The maximum Gasteiger partial charge on any atom is 0.231 e. The van der Waals surface area contributed by atoms with Crippen LogP contribution in [0.25, 0.3) is 12.2 Å². The minimum atomic E-state index is -0.170. The van der Waals surface area contributed by atoms with Crippen molar-refractivity contribution in [2.45, 2.75) is 0 Å². The zero-order chi connectivity index (χ0) is 17.8. The average molecular weight is 403 g/mol. The van der Waals surface area contributed by atoms with Crippen LogP contribution in [0.15, 0.2) is 47.0 Å². The molecule has 128 valence electrons. The van der Waals surface area contributed by atoms with Gasteiger partial charge in [0, 0.05) is 4.47 Å². The highest BCUT2D eigenvalue weighted by molar-refractivity contribution is 9.10. The van der Waals surface area contributed by atoms with E-state index in [2.05, 4.69) is 15.9 Å². The van der Waals surface area contributed by atoms with Gasteiger partial charge in [0.15, 0.2) is 28.8 Å². The van der Waals surface area contributed by atoms with Crippen LogP contribution in [0.3, 0.4) is 0 Å². The Balaban J connectivity index is 1.71. The van der Waals surface area contributed by atoms with Crippen molar-refractivity contribution in [3.63, 3.8) is 0 Å². The number of carbonyl (C=O) groups excluding carboxylic acids is 1. The molecule has 2 aromatic rings. The van der Waals surface area contributed by atoms with Crippen LogP contribution in [0.2, 0.25) is 0 Å². The summed E-state index contributed by atoms with van der Waals surface area (Å²) in [6.07, 6.45) is 6.28. The lowest BCUT2D eigenvalue weighted by atomic mass is 10.1. The maximum absolute atomic E-state index is 12.0. The molecule has 0 fully saturated rings. The monoisotopic (exact) mass is 402 g/mol. The number of allylic oxidation sites excluding steroid dienone is 2. The van der Waals surface area contributed by atoms with Crippen LogP contribution in [-0.2, 0) is 4.79 Å². The molecule has 0 aromatic heterocycles. The van der Waals surface area contributed by atoms with Gasteiger partial charge in [-0.05, 0) is 53.6 Å². The number of hydrogen-bond acceptors (Lipinski definition) is 5. The lowest BCUT2D eigenvalue weighted by Gasteiger charge is -2.03. The maximum atomic E-state index is 12.0. The van der Waals surface area contributed by atoms with Gasteiger partial charge in [0.25, 0.3) is 0 Å². The van der Waals surface area contributed by atoms with Crippen molar-refractivity contribution in [2.75, 3.05) is 13.9 Å². The molecular formula is C19H15BrO5. The lowest BCUT2D eigenvalue weighted by Crippen LogP contribution is -1.92. The van der Waals surface area contributed by atoms with Gasteiger partial charge in [-0.1, -0.05) is 28.1 Å². The molecule has 5 nitrogen and oxygen atoms in total. The van der Waals surface area contributed by atoms with Crippen LogP contribution in [0.4, 0.5) is 0 Å². The summed E-state index contributed by atoms with van der Waals surface area (Å²) < 4.78 is 16.5. The summed E-state index contributed by atoms with van der Waals surface area (Å²) in [5.74, 6) is 1.57. The number of benzene rings is 2. The lowest BCUT2D eigenvalue weighted by molar-refractivity contribution is -0.110. The first-order valence-electron chi connectivity index (χ1n) is 7.43. The molecule has 2 aromatic carbocycles. The molecule has 3 rings (SSSR count). The third-order valence-corrected chi connectivity index (χ3v) is 4.25. The number of halogens is 1. The number of ether oxygens (including phenoxy) is 3. The third-order valence-electron chi connectivity index (χ3n) is 3.56. The highest BCUT2D eigenvalue weighted by Crippen LogP contribution is 2.37. The smallest absolute Gasteiger partial charge is 0.231 e. The minimum absolute atomic E-state index is 0.0542. The van der Waals surface area contributed by atoms with E-state index in [-0.39, 0.29) is 18.3 Å². The molecule has 0 spiro atoms. The molecule has 6 heteroatoms. The highest BCUT2D eigenvalue weighted by atomic mass is 79.9. The number of aromatic hydroxyl groups is 1. The Morgan fingerprint density at radius 2 is 1.88 bits per heavy atom. The predicted octanol–water partition coefficient (Wildman–Crippen LogP) is 4.19. The standard InChI is InChI=1S/C19H15BrO5/c1-23-17-8-12(3-7-16(17)22)2-5-14(21)6-4-13-9-18-19(10-15(13)20)25-11-24-18/h2-10,22H,11H2,1H3/b5-2+,6-4+. The Kier molecular flexibility index (Phi) is 5.09. The summed E-state index contributed by atoms with van der Waals surface area (Å²) in [6.45, 7) is 0.201. The molecule has 0 amide bonds. The molecule has 0 radical (unpaired) electrons. The van der Waals surface area contributed by atoms with E-state index >= 15 is 0 Å². The fourth-order valence-corrected chi connectivity index (χ4v) is 2.72. The van der Waals surface area contributed by atoms with Crippen molar-refractivity contribution in [1.82, 2.24) is 0 Å². The van der Waals surface area contributed by atoms with Gasteiger partial charge in [0.2, 0.25) is 6.79 Å². The molecular weight excluding hydrogens is 388 g/mol. The summed E-state index contributed by atoms with van der Waals surface area (Å²) in [6, 6.07) is 8.48. The van der Waals surface area contributed by atoms with Crippen molar-refractivity contribution in [3.05, 3.63) is 58.1 Å². The fraction of sp³-hybridized carbons (Fsp3) is 0.105. The summed E-state index contributed by atoms with van der Waals surface area (Å²) >= 11 is 3.44. The number of fused-ring (bicyclic) bond motifs is 1. The number of methoxy groups -OCH3 is 1. The first-order chi connectivity index (χ1) is 12.1. The van der Waals surface area contributed by atoms with Crippen LogP contribution in [0.5, 0.6) is 23.0 Å². The molecule has 1 aliphatic heterocycles. The number of ketones is 1. The minimum Gasteiger partial charge on any atom is -0.504 e. The fourth-order valence-electron chi connectivity index (χ4n) is 2.26. The third kappa shape index (κ3) is 4.03. The molecule has 0 saturated carbocycles. The molecule has 0 saturated heterocycles. The first kappa shape index (κ1) is 17.1. The van der Waals surface area contributed by atoms with E-state index in [0.717, 1.165) is 15.6 Å². The van der Waals surface area contributed by atoms with Gasteiger partial charge in [-0.2, -0.15) is 0 Å². The molecule has 0 aliphatic carbocycles. The zero-order valence-electron chi connectivity index (χ0n) is 13.4. The summed E-state index contributed by atoms with van der Waals surface area (Å²) in [7, 11) is 1.47. The van der Waals surface area contributed by atoms with E-state index in [1.807, 2.05) is 12.1 Å². The van der Waals surface area contributed by atoms with E-state index in [9.17, 15) is 9.90 Å². The van der Waals surface area contributed by atoms with Crippen molar-refractivity contribution in [2.24, 2.45) is 0 Å². The van der Waals surface area contributed by atoms with Crippen LogP contribution in [0, 0.1) is 0 Å². The number of phenols is 1. The van der Waals surface area contributed by atoms with Gasteiger partial charge >= 0.3 is 0 Å². The number of hydrogen-bond donors (Lipinski definition) is 1. The number of carbonyl (C=O) groups is 1. The van der Waals surface area contributed by atoms with Gasteiger partial charge in [-0.15, -0.1) is 0 Å². The molecule has 0 atom stereocenters. The van der Waals surface area contributed by atoms with Crippen molar-refractivity contribution >= 4 is 33.9 Å². The number of phenolic OH excluding ortho intramolecular Hbond substituents is 1. The quantitative estimate of drug-likeness (QED) is 0.759. The average Bonchev–Trinajstić information content (AvgIpc) is 3.06. The van der Waals surface area contributed by atoms with Crippen molar-refractivity contribution < 1.29 is 24.1 Å². The second-order valence-corrected chi connectivity index (χ2v) is 6.08.